The van der Waals surface area contributed by atoms with E-state index in [1.807, 2.05) is 0 Å². The van der Waals surface area contributed by atoms with Crippen LogP contribution in [0.15, 0.2) is 27.6 Å². The molecular formula is C14H21BrN2O2S. The highest BCUT2D eigenvalue weighted by Crippen LogP contribution is 2.34. The molecule has 0 amide bonds. The maximum Gasteiger partial charge on any atom is 0.245 e. The maximum absolute atomic E-state index is 12.8. The molecule has 20 heavy (non-hydrogen) atoms. The second-order valence-electron chi connectivity index (χ2n) is 5.71. The highest BCUT2D eigenvalue weighted by molar-refractivity contribution is 9.10. The van der Waals surface area contributed by atoms with Crippen molar-refractivity contribution in [3.8, 4) is 0 Å². The lowest BCUT2D eigenvalue weighted by molar-refractivity contribution is 0.373. The van der Waals surface area contributed by atoms with Gasteiger partial charge < -0.3 is 5.73 Å². The first-order valence-corrected chi connectivity index (χ1v) is 9.12. The zero-order valence-electron chi connectivity index (χ0n) is 11.8. The molecule has 4 nitrogen and oxygen atoms in total. The average Bonchev–Trinajstić information content (AvgIpc) is 3.12. The molecule has 0 bridgehead atoms. The van der Waals surface area contributed by atoms with E-state index in [1.165, 1.54) is 0 Å². The van der Waals surface area contributed by atoms with E-state index in [4.69, 9.17) is 5.73 Å². The van der Waals surface area contributed by atoms with Crippen molar-refractivity contribution < 1.29 is 8.42 Å². The van der Waals surface area contributed by atoms with E-state index in [0.29, 0.717) is 18.2 Å². The summed E-state index contributed by atoms with van der Waals surface area (Å²) in [6, 6.07) is 5.10. The van der Waals surface area contributed by atoms with Crippen LogP contribution < -0.4 is 5.73 Å². The van der Waals surface area contributed by atoms with Gasteiger partial charge in [-0.05, 0) is 43.4 Å². The fourth-order valence-electron chi connectivity index (χ4n) is 2.13. The minimum absolute atomic E-state index is 0.154. The van der Waals surface area contributed by atoms with Crippen molar-refractivity contribution in [1.29, 1.82) is 0 Å². The van der Waals surface area contributed by atoms with Crippen molar-refractivity contribution in [3.63, 3.8) is 0 Å². The van der Waals surface area contributed by atoms with Gasteiger partial charge in [0, 0.05) is 17.1 Å². The molecule has 1 aliphatic carbocycles. The van der Waals surface area contributed by atoms with Crippen molar-refractivity contribution in [2.45, 2.75) is 44.0 Å². The Morgan fingerprint density at radius 2 is 2.05 bits per heavy atom. The molecule has 1 aliphatic rings. The van der Waals surface area contributed by atoms with Gasteiger partial charge in [0.15, 0.2) is 0 Å². The average molecular weight is 361 g/mol. The third kappa shape index (κ3) is 3.54. The third-order valence-corrected chi connectivity index (χ3v) is 5.96. The number of benzene rings is 1. The van der Waals surface area contributed by atoms with Crippen LogP contribution in [0.2, 0.25) is 0 Å². The summed E-state index contributed by atoms with van der Waals surface area (Å²) in [5.41, 5.74) is 6.19. The van der Waals surface area contributed by atoms with Crippen LogP contribution in [0.1, 0.15) is 33.1 Å². The van der Waals surface area contributed by atoms with Gasteiger partial charge in [-0.1, -0.05) is 29.8 Å². The Morgan fingerprint density at radius 1 is 1.40 bits per heavy atom. The van der Waals surface area contributed by atoms with Gasteiger partial charge in [-0.15, -0.1) is 0 Å². The Hall–Kier alpha value is -0.590. The van der Waals surface area contributed by atoms with E-state index >= 15 is 0 Å². The fraction of sp³-hybridized carbons (Fsp3) is 0.571. The van der Waals surface area contributed by atoms with E-state index in [2.05, 4.69) is 29.8 Å². The minimum atomic E-state index is -3.49. The number of hydrogen-bond donors (Lipinski definition) is 1. The molecular weight excluding hydrogens is 340 g/mol. The highest BCUT2D eigenvalue weighted by atomic mass is 79.9. The summed E-state index contributed by atoms with van der Waals surface area (Å²) in [6.07, 6.45) is 2.77. The molecule has 1 aromatic carbocycles. The topological polar surface area (TPSA) is 63.4 Å². The van der Waals surface area contributed by atoms with Gasteiger partial charge in [-0.2, -0.15) is 4.31 Å². The number of sulfonamides is 1. The first kappa shape index (κ1) is 15.8. The van der Waals surface area contributed by atoms with Crippen molar-refractivity contribution in [1.82, 2.24) is 4.31 Å². The molecule has 0 spiro atoms. The van der Waals surface area contributed by atoms with E-state index in [1.54, 1.807) is 22.5 Å². The highest BCUT2D eigenvalue weighted by Gasteiger charge is 2.38. The normalized spacial score (nSPS) is 16.1. The largest absolute Gasteiger partial charge is 0.398 e. The molecule has 2 N–H and O–H groups in total. The van der Waals surface area contributed by atoms with Gasteiger partial charge in [-0.3, -0.25) is 0 Å². The Labute approximate surface area is 129 Å². The molecule has 0 unspecified atom stereocenters. The second kappa shape index (κ2) is 6.03. The van der Waals surface area contributed by atoms with Gasteiger partial charge in [0.05, 0.1) is 5.69 Å². The molecule has 1 fully saturated rings. The second-order valence-corrected chi connectivity index (χ2v) is 8.49. The van der Waals surface area contributed by atoms with Gasteiger partial charge in [-0.25, -0.2) is 8.42 Å². The minimum Gasteiger partial charge on any atom is -0.398 e. The number of rotatable bonds is 6. The summed E-state index contributed by atoms with van der Waals surface area (Å²) in [5.74, 6) is 0.480. The number of halogens is 1. The number of hydrogen-bond acceptors (Lipinski definition) is 3. The summed E-state index contributed by atoms with van der Waals surface area (Å²) in [5, 5.41) is 0. The van der Waals surface area contributed by atoms with Crippen molar-refractivity contribution in [2.75, 3.05) is 12.3 Å². The van der Waals surface area contributed by atoms with E-state index in [0.717, 1.165) is 23.7 Å². The van der Waals surface area contributed by atoms with Crippen LogP contribution in [0, 0.1) is 5.92 Å². The lowest BCUT2D eigenvalue weighted by Gasteiger charge is -2.23. The third-order valence-electron chi connectivity index (χ3n) is 3.44. The number of anilines is 1. The van der Waals surface area contributed by atoms with Gasteiger partial charge >= 0.3 is 0 Å². The first-order valence-electron chi connectivity index (χ1n) is 6.89. The molecule has 6 heteroatoms. The van der Waals surface area contributed by atoms with Crippen molar-refractivity contribution >= 4 is 31.6 Å². The van der Waals surface area contributed by atoms with E-state index < -0.39 is 10.0 Å². The number of nitrogens with two attached hydrogens (primary N) is 1. The van der Waals surface area contributed by atoms with Crippen LogP contribution in [-0.4, -0.2) is 25.3 Å². The fourth-order valence-corrected chi connectivity index (χ4v) is 4.30. The van der Waals surface area contributed by atoms with Gasteiger partial charge in [0.25, 0.3) is 0 Å². The quantitative estimate of drug-likeness (QED) is 0.792. The Balaban J connectivity index is 2.30. The molecule has 1 aromatic rings. The predicted octanol–water partition coefficient (Wildman–Crippen LogP) is 3.23. The van der Waals surface area contributed by atoms with Crippen molar-refractivity contribution in [2.24, 2.45) is 5.92 Å². The molecule has 0 radical (unpaired) electrons. The predicted molar refractivity (Wildman–Crippen MR) is 84.9 cm³/mol. The van der Waals surface area contributed by atoms with E-state index in [9.17, 15) is 8.42 Å². The first-order chi connectivity index (χ1) is 9.32. The lowest BCUT2D eigenvalue weighted by Crippen LogP contribution is -2.35. The smallest absolute Gasteiger partial charge is 0.245 e. The summed E-state index contributed by atoms with van der Waals surface area (Å²) in [7, 11) is -3.49. The van der Waals surface area contributed by atoms with Crippen LogP contribution in [-0.2, 0) is 10.0 Å². The number of nitrogens with zero attached hydrogens (tertiary/aromatic N) is 1. The Kier molecular flexibility index (Phi) is 4.76. The van der Waals surface area contributed by atoms with Crippen molar-refractivity contribution in [3.05, 3.63) is 22.7 Å². The molecule has 0 aromatic heterocycles. The van der Waals surface area contributed by atoms with Crippen LogP contribution >= 0.6 is 15.9 Å². The molecule has 1 saturated carbocycles. The monoisotopic (exact) mass is 360 g/mol. The molecule has 0 aliphatic heterocycles. The van der Waals surface area contributed by atoms with Crippen LogP contribution in [0.4, 0.5) is 5.69 Å². The standard InChI is InChI=1S/C14H21BrN2O2S/c1-10(2)7-8-17(12-4-5-12)20(18,19)14-6-3-11(15)9-13(14)16/h3,6,9-10,12H,4-5,7-8,16H2,1-2H3. The Bertz CT molecular complexity index is 583. The van der Waals surface area contributed by atoms with Gasteiger partial charge in [0.2, 0.25) is 10.0 Å². The molecule has 0 atom stereocenters. The lowest BCUT2D eigenvalue weighted by atomic mass is 10.1. The molecule has 0 saturated heterocycles. The SMILES string of the molecule is CC(C)CCN(C1CC1)S(=O)(=O)c1ccc(Br)cc1N. The van der Waals surface area contributed by atoms with Crippen LogP contribution in [0.5, 0.6) is 0 Å². The zero-order chi connectivity index (χ0) is 14.9. The number of nitrogen functional groups attached to an aromatic ring is 1. The zero-order valence-corrected chi connectivity index (χ0v) is 14.2. The molecule has 0 heterocycles. The summed E-state index contributed by atoms with van der Waals surface area (Å²) in [6.45, 7) is 4.78. The summed E-state index contributed by atoms with van der Waals surface area (Å²) in [4.78, 5) is 0.219. The van der Waals surface area contributed by atoms with Crippen LogP contribution in [0.3, 0.4) is 0 Å². The Morgan fingerprint density at radius 3 is 2.55 bits per heavy atom. The van der Waals surface area contributed by atoms with Gasteiger partial charge in [0.1, 0.15) is 4.90 Å². The molecule has 112 valence electrons. The molecule has 2 rings (SSSR count). The summed E-state index contributed by atoms with van der Waals surface area (Å²) >= 11 is 3.30. The van der Waals surface area contributed by atoms with E-state index in [-0.39, 0.29) is 10.9 Å². The summed E-state index contributed by atoms with van der Waals surface area (Å²) < 4.78 is 28.0. The van der Waals surface area contributed by atoms with Crippen LogP contribution in [0.25, 0.3) is 0 Å². The maximum atomic E-state index is 12.8.